The van der Waals surface area contributed by atoms with Gasteiger partial charge in [0.2, 0.25) is 0 Å². The number of ether oxygens (including phenoxy) is 1. The van der Waals surface area contributed by atoms with Crippen LogP contribution in [0.5, 0.6) is 0 Å². The molecular weight excluding hydrogens is 288 g/mol. The second-order valence-electron chi connectivity index (χ2n) is 6.22. The summed E-state index contributed by atoms with van der Waals surface area (Å²) in [5, 5.41) is 8.78. The summed E-state index contributed by atoms with van der Waals surface area (Å²) in [4.78, 5) is 10.7. The largest absolute Gasteiger partial charge is 0.480 e. The van der Waals surface area contributed by atoms with E-state index in [1.807, 2.05) is 12.1 Å². The highest BCUT2D eigenvalue weighted by molar-refractivity contribution is 5.68. The SMILES string of the molecule is O=C(O)COC1CCC(c2ccccc2)(c2ccccc2)CC1. The van der Waals surface area contributed by atoms with Crippen LogP contribution < -0.4 is 0 Å². The van der Waals surface area contributed by atoms with Crippen molar-refractivity contribution in [1.82, 2.24) is 0 Å². The van der Waals surface area contributed by atoms with Crippen LogP contribution in [-0.4, -0.2) is 23.8 Å². The van der Waals surface area contributed by atoms with Crippen LogP contribution in [-0.2, 0) is 14.9 Å². The Labute approximate surface area is 136 Å². The molecule has 0 atom stereocenters. The summed E-state index contributed by atoms with van der Waals surface area (Å²) in [5.74, 6) is -0.895. The van der Waals surface area contributed by atoms with Crippen molar-refractivity contribution < 1.29 is 14.6 Å². The van der Waals surface area contributed by atoms with Crippen LogP contribution in [0, 0.1) is 0 Å². The van der Waals surface area contributed by atoms with Crippen LogP contribution in [0.25, 0.3) is 0 Å². The molecule has 1 aliphatic carbocycles. The molecular formula is C20H22O3. The highest BCUT2D eigenvalue weighted by atomic mass is 16.5. The predicted octanol–water partition coefficient (Wildman–Crippen LogP) is 4.02. The first-order chi connectivity index (χ1) is 11.2. The lowest BCUT2D eigenvalue weighted by Gasteiger charge is -2.41. The zero-order valence-electron chi connectivity index (χ0n) is 13.2. The van der Waals surface area contributed by atoms with Crippen LogP contribution >= 0.6 is 0 Å². The molecule has 0 radical (unpaired) electrons. The lowest BCUT2D eigenvalue weighted by atomic mass is 9.65. The third-order valence-electron chi connectivity index (χ3n) is 4.88. The van der Waals surface area contributed by atoms with Crippen molar-refractivity contribution in [3.63, 3.8) is 0 Å². The summed E-state index contributed by atoms with van der Waals surface area (Å²) < 4.78 is 5.51. The molecule has 23 heavy (non-hydrogen) atoms. The van der Waals surface area contributed by atoms with E-state index in [9.17, 15) is 4.79 Å². The topological polar surface area (TPSA) is 46.5 Å². The normalized spacial score (nSPS) is 17.7. The van der Waals surface area contributed by atoms with E-state index in [0.717, 1.165) is 25.7 Å². The molecule has 0 unspecified atom stereocenters. The van der Waals surface area contributed by atoms with Crippen molar-refractivity contribution in [1.29, 1.82) is 0 Å². The van der Waals surface area contributed by atoms with Crippen molar-refractivity contribution in [2.24, 2.45) is 0 Å². The molecule has 1 N–H and O–H groups in total. The van der Waals surface area contributed by atoms with E-state index in [1.54, 1.807) is 0 Å². The number of hydrogen-bond acceptors (Lipinski definition) is 2. The van der Waals surface area contributed by atoms with Gasteiger partial charge in [-0.25, -0.2) is 4.79 Å². The molecule has 0 heterocycles. The van der Waals surface area contributed by atoms with E-state index in [0.29, 0.717) is 0 Å². The third-order valence-corrected chi connectivity index (χ3v) is 4.88. The number of hydrogen-bond donors (Lipinski definition) is 1. The van der Waals surface area contributed by atoms with E-state index in [-0.39, 0.29) is 18.1 Å². The van der Waals surface area contributed by atoms with Crippen LogP contribution in [0.15, 0.2) is 60.7 Å². The molecule has 2 aromatic rings. The van der Waals surface area contributed by atoms with Crippen molar-refractivity contribution in [2.45, 2.75) is 37.2 Å². The molecule has 0 aromatic heterocycles. The van der Waals surface area contributed by atoms with Gasteiger partial charge in [0, 0.05) is 5.41 Å². The van der Waals surface area contributed by atoms with Gasteiger partial charge in [0.15, 0.2) is 0 Å². The number of rotatable bonds is 5. The molecule has 0 saturated heterocycles. The standard InChI is InChI=1S/C20H22O3/c21-19(22)15-23-18-11-13-20(14-12-18,16-7-3-1-4-8-16)17-9-5-2-6-10-17/h1-10,18H,11-15H2,(H,21,22). The summed E-state index contributed by atoms with van der Waals surface area (Å²) >= 11 is 0. The van der Waals surface area contributed by atoms with E-state index < -0.39 is 5.97 Å². The Balaban J connectivity index is 1.84. The molecule has 0 aliphatic heterocycles. The van der Waals surface area contributed by atoms with Gasteiger partial charge in [-0.15, -0.1) is 0 Å². The molecule has 3 rings (SSSR count). The zero-order chi connectivity index (χ0) is 16.1. The lowest BCUT2D eigenvalue weighted by Crippen LogP contribution is -2.36. The average Bonchev–Trinajstić information content (AvgIpc) is 2.62. The molecule has 120 valence electrons. The molecule has 0 bridgehead atoms. The molecule has 1 aliphatic rings. The lowest BCUT2D eigenvalue weighted by molar-refractivity contribution is -0.145. The van der Waals surface area contributed by atoms with Gasteiger partial charge < -0.3 is 9.84 Å². The van der Waals surface area contributed by atoms with Crippen LogP contribution in [0.4, 0.5) is 0 Å². The van der Waals surface area contributed by atoms with E-state index >= 15 is 0 Å². The first kappa shape index (κ1) is 15.8. The van der Waals surface area contributed by atoms with Gasteiger partial charge in [0.1, 0.15) is 6.61 Å². The minimum Gasteiger partial charge on any atom is -0.480 e. The molecule has 1 saturated carbocycles. The fourth-order valence-electron chi connectivity index (χ4n) is 3.70. The Morgan fingerprint density at radius 3 is 1.87 bits per heavy atom. The van der Waals surface area contributed by atoms with Crippen molar-refractivity contribution >= 4 is 5.97 Å². The van der Waals surface area contributed by atoms with Gasteiger partial charge in [-0.2, -0.15) is 0 Å². The fourth-order valence-corrected chi connectivity index (χ4v) is 3.70. The van der Waals surface area contributed by atoms with Gasteiger partial charge >= 0.3 is 5.97 Å². The summed E-state index contributed by atoms with van der Waals surface area (Å²) in [7, 11) is 0. The molecule has 0 amide bonds. The highest BCUT2D eigenvalue weighted by Crippen LogP contribution is 2.45. The van der Waals surface area contributed by atoms with Crippen LogP contribution in [0.2, 0.25) is 0 Å². The molecule has 3 heteroatoms. The Morgan fingerprint density at radius 1 is 0.957 bits per heavy atom. The molecule has 3 nitrogen and oxygen atoms in total. The summed E-state index contributed by atoms with van der Waals surface area (Å²) in [6.07, 6.45) is 3.77. The van der Waals surface area contributed by atoms with Gasteiger partial charge in [0.25, 0.3) is 0 Å². The Hall–Kier alpha value is -2.13. The summed E-state index contributed by atoms with van der Waals surface area (Å²) in [6.45, 7) is -0.200. The zero-order valence-corrected chi connectivity index (χ0v) is 13.2. The maximum Gasteiger partial charge on any atom is 0.329 e. The Bertz CT molecular complexity index is 587. The van der Waals surface area contributed by atoms with Gasteiger partial charge in [-0.3, -0.25) is 0 Å². The van der Waals surface area contributed by atoms with Crippen LogP contribution in [0.1, 0.15) is 36.8 Å². The summed E-state index contributed by atoms with van der Waals surface area (Å²) in [5.41, 5.74) is 2.68. The Kier molecular flexibility index (Phi) is 4.77. The fraction of sp³-hybridized carbons (Fsp3) is 0.350. The van der Waals surface area contributed by atoms with E-state index in [1.165, 1.54) is 11.1 Å². The first-order valence-corrected chi connectivity index (χ1v) is 8.15. The smallest absolute Gasteiger partial charge is 0.329 e. The minimum atomic E-state index is -0.895. The van der Waals surface area contributed by atoms with E-state index in [2.05, 4.69) is 48.5 Å². The van der Waals surface area contributed by atoms with Gasteiger partial charge in [-0.05, 0) is 36.8 Å². The quantitative estimate of drug-likeness (QED) is 0.907. The number of carboxylic acids is 1. The van der Waals surface area contributed by atoms with Crippen molar-refractivity contribution in [2.75, 3.05) is 6.61 Å². The van der Waals surface area contributed by atoms with Gasteiger partial charge in [0.05, 0.1) is 6.10 Å². The number of aliphatic carboxylic acids is 1. The third kappa shape index (κ3) is 3.45. The van der Waals surface area contributed by atoms with Gasteiger partial charge in [-0.1, -0.05) is 60.7 Å². The first-order valence-electron chi connectivity index (χ1n) is 8.15. The number of carboxylic acid groups (broad SMARTS) is 1. The number of benzene rings is 2. The van der Waals surface area contributed by atoms with Crippen LogP contribution in [0.3, 0.4) is 0 Å². The average molecular weight is 310 g/mol. The maximum atomic E-state index is 10.7. The highest BCUT2D eigenvalue weighted by Gasteiger charge is 2.38. The molecule has 0 spiro atoms. The minimum absolute atomic E-state index is 0.00556. The Morgan fingerprint density at radius 2 is 1.43 bits per heavy atom. The monoisotopic (exact) mass is 310 g/mol. The predicted molar refractivity (Wildman–Crippen MR) is 89.5 cm³/mol. The van der Waals surface area contributed by atoms with Crippen molar-refractivity contribution in [3.05, 3.63) is 71.8 Å². The second kappa shape index (κ2) is 6.97. The molecule has 1 fully saturated rings. The maximum absolute atomic E-state index is 10.7. The summed E-state index contributed by atoms with van der Waals surface area (Å²) in [6, 6.07) is 21.3. The second-order valence-corrected chi connectivity index (χ2v) is 6.22. The molecule has 2 aromatic carbocycles. The number of carbonyl (C=O) groups is 1. The van der Waals surface area contributed by atoms with E-state index in [4.69, 9.17) is 9.84 Å². The van der Waals surface area contributed by atoms with Crippen molar-refractivity contribution in [3.8, 4) is 0 Å².